The van der Waals surface area contributed by atoms with E-state index < -0.39 is 17.5 Å². The molecule has 88 valence electrons. The van der Waals surface area contributed by atoms with E-state index in [-0.39, 0.29) is 5.82 Å². The highest BCUT2D eigenvalue weighted by atomic mass is 19.1. The molecule has 0 saturated heterocycles. The van der Waals surface area contributed by atoms with Gasteiger partial charge in [-0.05, 0) is 31.5 Å². The van der Waals surface area contributed by atoms with Crippen LogP contribution in [0.25, 0.3) is 0 Å². The number of benzene rings is 1. The molecule has 2 atom stereocenters. The van der Waals surface area contributed by atoms with E-state index in [4.69, 9.17) is 0 Å². The van der Waals surface area contributed by atoms with Gasteiger partial charge in [-0.3, -0.25) is 4.79 Å². The Morgan fingerprint density at radius 1 is 1.44 bits per heavy atom. The molecule has 0 amide bonds. The zero-order valence-electron chi connectivity index (χ0n) is 9.53. The van der Waals surface area contributed by atoms with Crippen molar-refractivity contribution < 1.29 is 19.0 Å². The molecule has 0 fully saturated rings. The van der Waals surface area contributed by atoms with E-state index in [1.165, 1.54) is 38.3 Å². The summed E-state index contributed by atoms with van der Waals surface area (Å²) in [6.07, 6.45) is 0. The lowest BCUT2D eigenvalue weighted by Crippen LogP contribution is -2.35. The van der Waals surface area contributed by atoms with Crippen LogP contribution in [0.5, 0.6) is 0 Å². The van der Waals surface area contributed by atoms with Crippen molar-refractivity contribution >= 4 is 5.97 Å². The van der Waals surface area contributed by atoms with Gasteiger partial charge >= 0.3 is 5.97 Å². The fourth-order valence-corrected chi connectivity index (χ4v) is 1.44. The second-order valence-electron chi connectivity index (χ2n) is 3.90. The summed E-state index contributed by atoms with van der Waals surface area (Å²) in [5.74, 6) is -1.61. The summed E-state index contributed by atoms with van der Waals surface area (Å²) in [7, 11) is 1.26. The predicted octanol–water partition coefficient (Wildman–Crippen LogP) is 1.84. The maximum Gasteiger partial charge on any atom is 0.311 e. The van der Waals surface area contributed by atoms with Crippen LogP contribution in [0.3, 0.4) is 0 Å². The number of carbonyl (C=O) groups is 1. The van der Waals surface area contributed by atoms with E-state index in [1.54, 1.807) is 6.92 Å². The lowest BCUT2D eigenvalue weighted by atomic mass is 9.84. The lowest BCUT2D eigenvalue weighted by molar-refractivity contribution is -0.154. The van der Waals surface area contributed by atoms with Gasteiger partial charge in [-0.2, -0.15) is 0 Å². The predicted molar refractivity (Wildman–Crippen MR) is 57.2 cm³/mol. The zero-order chi connectivity index (χ0) is 12.3. The van der Waals surface area contributed by atoms with Gasteiger partial charge in [0.15, 0.2) is 0 Å². The first kappa shape index (κ1) is 12.6. The van der Waals surface area contributed by atoms with Crippen LogP contribution in [-0.2, 0) is 15.1 Å². The van der Waals surface area contributed by atoms with Crippen molar-refractivity contribution in [3.8, 4) is 0 Å². The maximum absolute atomic E-state index is 12.7. The summed E-state index contributed by atoms with van der Waals surface area (Å²) in [6, 6.07) is 5.39. The largest absolute Gasteiger partial charge is 0.469 e. The Kier molecular flexibility index (Phi) is 3.65. The Morgan fingerprint density at radius 2 is 1.94 bits per heavy atom. The van der Waals surface area contributed by atoms with Crippen LogP contribution in [0.2, 0.25) is 0 Å². The number of esters is 1. The molecule has 1 aromatic rings. The zero-order valence-corrected chi connectivity index (χ0v) is 9.53. The highest BCUT2D eigenvalue weighted by Crippen LogP contribution is 2.29. The number of methoxy groups -OCH3 is 1. The van der Waals surface area contributed by atoms with E-state index in [0.717, 1.165) is 0 Å². The van der Waals surface area contributed by atoms with E-state index in [9.17, 15) is 14.3 Å². The van der Waals surface area contributed by atoms with Crippen LogP contribution in [0.1, 0.15) is 19.4 Å². The molecule has 0 aliphatic carbocycles. The standard InChI is InChI=1S/C12H15FO3/c1-8(11(14)16-3)12(2,15)9-4-6-10(13)7-5-9/h4-8,15H,1-3H3. The second kappa shape index (κ2) is 4.61. The molecule has 1 aromatic carbocycles. The number of aliphatic hydroxyl groups is 1. The normalized spacial score (nSPS) is 16.3. The number of carbonyl (C=O) groups excluding carboxylic acids is 1. The summed E-state index contributed by atoms with van der Waals surface area (Å²) < 4.78 is 17.3. The van der Waals surface area contributed by atoms with Gasteiger partial charge in [0.1, 0.15) is 5.82 Å². The first-order chi connectivity index (χ1) is 7.39. The molecular weight excluding hydrogens is 211 g/mol. The average molecular weight is 226 g/mol. The monoisotopic (exact) mass is 226 g/mol. The van der Waals surface area contributed by atoms with Crippen LogP contribution in [0, 0.1) is 11.7 Å². The Hall–Kier alpha value is -1.42. The highest BCUT2D eigenvalue weighted by molar-refractivity contribution is 5.73. The Labute approximate surface area is 93.9 Å². The minimum absolute atomic E-state index is 0.384. The summed E-state index contributed by atoms with van der Waals surface area (Å²) >= 11 is 0. The van der Waals surface area contributed by atoms with Crippen molar-refractivity contribution in [2.45, 2.75) is 19.4 Å². The van der Waals surface area contributed by atoms with Crippen molar-refractivity contribution in [2.75, 3.05) is 7.11 Å². The van der Waals surface area contributed by atoms with E-state index in [1.807, 2.05) is 0 Å². The molecular formula is C12H15FO3. The molecule has 1 rings (SSSR count). The smallest absolute Gasteiger partial charge is 0.311 e. The van der Waals surface area contributed by atoms with Crippen LogP contribution >= 0.6 is 0 Å². The number of ether oxygens (including phenoxy) is 1. The van der Waals surface area contributed by atoms with Crippen LogP contribution in [0.4, 0.5) is 4.39 Å². The minimum atomic E-state index is -1.37. The molecule has 0 spiro atoms. The third kappa shape index (κ3) is 2.39. The van der Waals surface area contributed by atoms with Gasteiger partial charge in [0.05, 0.1) is 18.6 Å². The Bertz CT molecular complexity index is 370. The molecule has 0 bridgehead atoms. The number of rotatable bonds is 3. The van der Waals surface area contributed by atoms with E-state index >= 15 is 0 Å². The molecule has 0 radical (unpaired) electrons. The van der Waals surface area contributed by atoms with Crippen LogP contribution < -0.4 is 0 Å². The fraction of sp³-hybridized carbons (Fsp3) is 0.417. The average Bonchev–Trinajstić information content (AvgIpc) is 2.27. The Balaban J connectivity index is 3.01. The molecule has 3 nitrogen and oxygen atoms in total. The number of halogens is 1. The number of hydrogen-bond donors (Lipinski definition) is 1. The molecule has 0 aliphatic heterocycles. The Morgan fingerprint density at radius 3 is 2.38 bits per heavy atom. The van der Waals surface area contributed by atoms with Gasteiger partial charge in [-0.25, -0.2) is 4.39 Å². The molecule has 2 unspecified atom stereocenters. The van der Waals surface area contributed by atoms with Crippen molar-refractivity contribution in [3.05, 3.63) is 35.6 Å². The summed E-state index contributed by atoms with van der Waals surface area (Å²) in [5.41, 5.74) is -0.896. The van der Waals surface area contributed by atoms with Crippen LogP contribution in [0.15, 0.2) is 24.3 Å². The molecule has 0 aromatic heterocycles. The maximum atomic E-state index is 12.7. The van der Waals surface area contributed by atoms with Gasteiger partial charge in [0.2, 0.25) is 0 Å². The molecule has 4 heteroatoms. The summed E-state index contributed by atoms with van der Waals surface area (Å²) in [6.45, 7) is 3.07. The van der Waals surface area contributed by atoms with E-state index in [0.29, 0.717) is 5.56 Å². The first-order valence-corrected chi connectivity index (χ1v) is 4.96. The molecule has 0 aliphatic rings. The molecule has 0 saturated carbocycles. The van der Waals surface area contributed by atoms with Crippen molar-refractivity contribution in [2.24, 2.45) is 5.92 Å². The quantitative estimate of drug-likeness (QED) is 0.800. The number of hydrogen-bond acceptors (Lipinski definition) is 3. The SMILES string of the molecule is COC(=O)C(C)C(C)(O)c1ccc(F)cc1. The first-order valence-electron chi connectivity index (χ1n) is 4.96. The van der Waals surface area contributed by atoms with E-state index in [2.05, 4.69) is 4.74 Å². The van der Waals surface area contributed by atoms with Gasteiger partial charge in [0, 0.05) is 0 Å². The third-order valence-electron chi connectivity index (χ3n) is 2.83. The summed E-state index contributed by atoms with van der Waals surface area (Å²) in [5, 5.41) is 10.2. The topological polar surface area (TPSA) is 46.5 Å². The van der Waals surface area contributed by atoms with Gasteiger partial charge < -0.3 is 9.84 Å². The van der Waals surface area contributed by atoms with Crippen molar-refractivity contribution in [1.29, 1.82) is 0 Å². The van der Waals surface area contributed by atoms with Crippen LogP contribution in [-0.4, -0.2) is 18.2 Å². The third-order valence-corrected chi connectivity index (χ3v) is 2.83. The van der Waals surface area contributed by atoms with Crippen molar-refractivity contribution in [1.82, 2.24) is 0 Å². The lowest BCUT2D eigenvalue weighted by Gasteiger charge is -2.28. The molecule has 0 heterocycles. The summed E-state index contributed by atoms with van der Waals surface area (Å²) in [4.78, 5) is 11.3. The fourth-order valence-electron chi connectivity index (χ4n) is 1.44. The van der Waals surface area contributed by atoms with Gasteiger partial charge in [0.25, 0.3) is 0 Å². The highest BCUT2D eigenvalue weighted by Gasteiger charge is 2.36. The van der Waals surface area contributed by atoms with Gasteiger partial charge in [-0.1, -0.05) is 12.1 Å². The second-order valence-corrected chi connectivity index (χ2v) is 3.90. The molecule has 1 N–H and O–H groups in total. The minimum Gasteiger partial charge on any atom is -0.469 e. The van der Waals surface area contributed by atoms with Crippen molar-refractivity contribution in [3.63, 3.8) is 0 Å². The molecule has 16 heavy (non-hydrogen) atoms. The van der Waals surface area contributed by atoms with Gasteiger partial charge in [-0.15, -0.1) is 0 Å².